The molecule has 9 nitrogen and oxygen atoms in total. The molecule has 0 radical (unpaired) electrons. The normalized spacial score (nSPS) is 31.8. The van der Waals surface area contributed by atoms with E-state index in [4.69, 9.17) is 21.1 Å². The number of fused-ring (bicyclic) bond motifs is 2. The van der Waals surface area contributed by atoms with Crippen molar-refractivity contribution in [1.29, 1.82) is 0 Å². The summed E-state index contributed by atoms with van der Waals surface area (Å²) in [6.07, 6.45) is 4.45. The Morgan fingerprint density at radius 3 is 2.22 bits per heavy atom. The van der Waals surface area contributed by atoms with Crippen LogP contribution in [-0.2, 0) is 24.3 Å². The van der Waals surface area contributed by atoms with Crippen LogP contribution in [0.2, 0.25) is 5.02 Å². The van der Waals surface area contributed by atoms with E-state index in [0.717, 1.165) is 25.7 Å². The van der Waals surface area contributed by atoms with Gasteiger partial charge >= 0.3 is 6.09 Å². The first-order valence-electron chi connectivity index (χ1n) is 12.8. The molecule has 0 spiro atoms. The van der Waals surface area contributed by atoms with Gasteiger partial charge in [0.25, 0.3) is 0 Å². The average Bonchev–Trinajstić information content (AvgIpc) is 3.77. The van der Waals surface area contributed by atoms with Crippen molar-refractivity contribution in [2.45, 2.75) is 80.1 Å². The molecule has 2 aliphatic carbocycles. The van der Waals surface area contributed by atoms with E-state index in [1.54, 1.807) is 28.3 Å². The number of likely N-dealkylation sites (tertiary alicyclic amines) is 1. The second kappa shape index (κ2) is 8.85. The second-order valence-corrected chi connectivity index (χ2v) is 13.2. The number of carbonyl (C=O) groups is 2. The molecule has 4 atom stereocenters. The highest BCUT2D eigenvalue weighted by molar-refractivity contribution is 7.89. The van der Waals surface area contributed by atoms with E-state index in [-0.39, 0.29) is 41.5 Å². The largest absolute Gasteiger partial charge is 0.441 e. The molecule has 36 heavy (non-hydrogen) atoms. The Kier molecular flexibility index (Phi) is 6.02. The third-order valence-corrected chi connectivity index (χ3v) is 10.7. The summed E-state index contributed by atoms with van der Waals surface area (Å²) in [7, 11) is -3.86. The Hall–Kier alpha value is -1.88. The molecule has 6 rings (SSSR count). The lowest BCUT2D eigenvalue weighted by Gasteiger charge is -2.45. The van der Waals surface area contributed by atoms with E-state index in [1.165, 1.54) is 12.1 Å². The maximum Gasteiger partial charge on any atom is 0.410 e. The van der Waals surface area contributed by atoms with Gasteiger partial charge in [0, 0.05) is 37.1 Å². The topological polar surface area (TPSA) is 96.5 Å². The van der Waals surface area contributed by atoms with Crippen molar-refractivity contribution in [1.82, 2.24) is 14.1 Å². The molecule has 3 saturated heterocycles. The second-order valence-electron chi connectivity index (χ2n) is 10.9. The van der Waals surface area contributed by atoms with E-state index < -0.39 is 27.8 Å². The van der Waals surface area contributed by atoms with Gasteiger partial charge in [0.1, 0.15) is 5.60 Å². The molecule has 1 aromatic carbocycles. The first-order chi connectivity index (χ1) is 17.2. The molecule has 1 aromatic rings. The van der Waals surface area contributed by atoms with E-state index in [0.29, 0.717) is 37.6 Å². The van der Waals surface area contributed by atoms with Crippen LogP contribution in [0, 0.1) is 5.92 Å². The van der Waals surface area contributed by atoms with E-state index >= 15 is 0 Å². The fourth-order valence-electron chi connectivity index (χ4n) is 6.39. The monoisotopic (exact) mass is 537 g/mol. The van der Waals surface area contributed by atoms with Crippen molar-refractivity contribution in [2.24, 2.45) is 5.92 Å². The Bertz CT molecular complexity index is 1140. The first kappa shape index (κ1) is 24.5. The minimum atomic E-state index is -3.86. The standard InChI is InChI=1S/C25H32ClN3O6S/c1-16(30)28-19-6-7-20(28)13-27(12-19)24(31)35-25(10-11-25)23-15-34-14-22(17-2-3-17)29(23)36(32,33)21-8-4-18(26)5-9-21/h4-5,8-9,17,19-20,22-23H,2-3,6-7,10-15H2,1H3/t19?,20?,22-,23+/m0/s1. The highest BCUT2D eigenvalue weighted by Gasteiger charge is 2.62. The number of nitrogens with zero attached hydrogens (tertiary/aromatic N) is 3. The molecule has 3 aliphatic heterocycles. The SMILES string of the molecule is CC(=O)N1C2CCC1CN(C(=O)OC1([C@H]3COC[C@@H](C4CC4)N3S(=O)(=O)c3ccc(Cl)cc3)CC1)C2. The summed E-state index contributed by atoms with van der Waals surface area (Å²) in [6, 6.07) is 5.39. The van der Waals surface area contributed by atoms with Gasteiger partial charge in [-0.1, -0.05) is 11.6 Å². The number of hydrogen-bond acceptors (Lipinski definition) is 6. The first-order valence-corrected chi connectivity index (χ1v) is 14.6. The Morgan fingerprint density at radius 2 is 1.67 bits per heavy atom. The number of carbonyl (C=O) groups excluding carboxylic acids is 2. The predicted octanol–water partition coefficient (Wildman–Crippen LogP) is 2.87. The predicted molar refractivity (Wildman–Crippen MR) is 131 cm³/mol. The van der Waals surface area contributed by atoms with Crippen LogP contribution in [0.4, 0.5) is 4.79 Å². The zero-order chi connectivity index (χ0) is 25.2. The molecule has 2 saturated carbocycles. The smallest absolute Gasteiger partial charge is 0.410 e. The van der Waals surface area contributed by atoms with Gasteiger partial charge in [0.2, 0.25) is 15.9 Å². The van der Waals surface area contributed by atoms with E-state index in [9.17, 15) is 18.0 Å². The Balaban J connectivity index is 1.25. The lowest BCUT2D eigenvalue weighted by atomic mass is 10.0. The van der Waals surface area contributed by atoms with Crippen molar-refractivity contribution < 1.29 is 27.5 Å². The van der Waals surface area contributed by atoms with Crippen LogP contribution in [0.1, 0.15) is 45.4 Å². The minimum absolute atomic E-state index is 0.0167. The van der Waals surface area contributed by atoms with Crippen LogP contribution < -0.4 is 0 Å². The summed E-state index contributed by atoms with van der Waals surface area (Å²) in [6.45, 7) is 3.00. The van der Waals surface area contributed by atoms with Gasteiger partial charge in [-0.2, -0.15) is 4.31 Å². The number of halogens is 1. The maximum absolute atomic E-state index is 13.9. The summed E-state index contributed by atoms with van der Waals surface area (Å²) in [5, 5.41) is 0.470. The lowest BCUT2D eigenvalue weighted by molar-refractivity contribution is -0.134. The molecule has 5 aliphatic rings. The Morgan fingerprint density at radius 1 is 1.03 bits per heavy atom. The zero-order valence-corrected chi connectivity index (χ0v) is 21.9. The molecule has 0 N–H and O–H groups in total. The number of morpholine rings is 1. The van der Waals surface area contributed by atoms with Crippen molar-refractivity contribution >= 4 is 33.6 Å². The van der Waals surface area contributed by atoms with Crippen LogP contribution >= 0.6 is 11.6 Å². The molecule has 5 fully saturated rings. The van der Waals surface area contributed by atoms with Gasteiger partial charge in [0.05, 0.1) is 30.2 Å². The molecule has 11 heteroatoms. The Labute approximate surface area is 216 Å². The van der Waals surface area contributed by atoms with Gasteiger partial charge in [-0.05, 0) is 68.7 Å². The van der Waals surface area contributed by atoms with E-state index in [2.05, 4.69) is 0 Å². The van der Waals surface area contributed by atoms with Gasteiger partial charge < -0.3 is 19.3 Å². The van der Waals surface area contributed by atoms with Crippen LogP contribution in [0.3, 0.4) is 0 Å². The fourth-order valence-corrected chi connectivity index (χ4v) is 8.42. The number of hydrogen-bond donors (Lipinski definition) is 0. The number of benzene rings is 1. The van der Waals surface area contributed by atoms with Crippen molar-refractivity contribution in [3.8, 4) is 0 Å². The minimum Gasteiger partial charge on any atom is -0.441 e. The highest BCUT2D eigenvalue weighted by Crippen LogP contribution is 2.50. The molecule has 2 amide bonds. The number of rotatable bonds is 5. The molecule has 3 heterocycles. The van der Waals surface area contributed by atoms with Gasteiger partial charge in [-0.3, -0.25) is 4.79 Å². The van der Waals surface area contributed by atoms with Gasteiger partial charge in [-0.15, -0.1) is 0 Å². The molecule has 196 valence electrons. The summed E-state index contributed by atoms with van der Waals surface area (Å²) in [4.78, 5) is 29.2. The molecular formula is C25H32ClN3O6S. The van der Waals surface area contributed by atoms with Gasteiger partial charge in [0.15, 0.2) is 0 Å². The van der Waals surface area contributed by atoms with Crippen molar-refractivity contribution in [3.63, 3.8) is 0 Å². The fraction of sp³-hybridized carbons (Fsp3) is 0.680. The van der Waals surface area contributed by atoms with Gasteiger partial charge in [-0.25, -0.2) is 13.2 Å². The third-order valence-electron chi connectivity index (χ3n) is 8.50. The lowest BCUT2D eigenvalue weighted by Crippen LogP contribution is -2.62. The van der Waals surface area contributed by atoms with Crippen molar-refractivity contribution in [2.75, 3.05) is 26.3 Å². The van der Waals surface area contributed by atoms with Crippen LogP contribution in [-0.4, -0.2) is 90.6 Å². The van der Waals surface area contributed by atoms with Crippen LogP contribution in [0.5, 0.6) is 0 Å². The maximum atomic E-state index is 13.9. The number of amides is 2. The zero-order valence-electron chi connectivity index (χ0n) is 20.3. The van der Waals surface area contributed by atoms with E-state index in [1.807, 2.05) is 4.90 Å². The summed E-state index contributed by atoms with van der Waals surface area (Å²) in [5.41, 5.74) is -0.902. The molecular weight excluding hydrogens is 506 g/mol. The summed E-state index contributed by atoms with van der Waals surface area (Å²) >= 11 is 6.02. The highest BCUT2D eigenvalue weighted by atomic mass is 35.5. The summed E-state index contributed by atoms with van der Waals surface area (Å²) < 4.78 is 41.6. The van der Waals surface area contributed by atoms with Crippen LogP contribution in [0.15, 0.2) is 29.2 Å². The number of piperazine rings is 1. The average molecular weight is 538 g/mol. The summed E-state index contributed by atoms with van der Waals surface area (Å²) in [5.74, 6) is 0.291. The number of sulfonamides is 1. The van der Waals surface area contributed by atoms with Crippen molar-refractivity contribution in [3.05, 3.63) is 29.3 Å². The quantitative estimate of drug-likeness (QED) is 0.573. The van der Waals surface area contributed by atoms with Crippen LogP contribution in [0.25, 0.3) is 0 Å². The number of ether oxygens (including phenoxy) is 2. The molecule has 0 aromatic heterocycles. The molecule has 2 unspecified atom stereocenters. The molecule has 2 bridgehead atoms. The third kappa shape index (κ3) is 4.19.